The van der Waals surface area contributed by atoms with Crippen LogP contribution in [0.5, 0.6) is 0 Å². The van der Waals surface area contributed by atoms with Gasteiger partial charge in [0.05, 0.1) is 5.39 Å². The number of anilines is 2. The Kier molecular flexibility index (Phi) is 2.63. The lowest BCUT2D eigenvalue weighted by Gasteiger charge is -2.23. The van der Waals surface area contributed by atoms with Gasteiger partial charge in [-0.3, -0.25) is 0 Å². The quantitative estimate of drug-likeness (QED) is 0.903. The minimum absolute atomic E-state index is 0.386. The molecule has 2 aromatic heterocycles. The molecular formula is C12H16N4S. The largest absolute Gasteiger partial charge is 0.368 e. The van der Waals surface area contributed by atoms with E-state index < -0.39 is 0 Å². The Morgan fingerprint density at radius 3 is 3.00 bits per heavy atom. The Hall–Kier alpha value is -1.36. The Morgan fingerprint density at radius 2 is 2.29 bits per heavy atom. The van der Waals surface area contributed by atoms with E-state index in [2.05, 4.69) is 33.2 Å². The SMILES string of the molecule is CCCN(c1nc(N)nc2sccc12)C1CC1. The number of nitrogens with zero attached hydrogens (tertiary/aromatic N) is 3. The molecule has 0 spiro atoms. The van der Waals surface area contributed by atoms with Crippen molar-refractivity contribution in [3.05, 3.63) is 11.4 Å². The fourth-order valence-electron chi connectivity index (χ4n) is 2.16. The van der Waals surface area contributed by atoms with Crippen LogP contribution in [0.1, 0.15) is 26.2 Å². The maximum absolute atomic E-state index is 5.80. The van der Waals surface area contributed by atoms with Crippen molar-refractivity contribution in [2.24, 2.45) is 0 Å². The number of hydrogen-bond donors (Lipinski definition) is 1. The van der Waals surface area contributed by atoms with Crippen molar-refractivity contribution in [3.8, 4) is 0 Å². The van der Waals surface area contributed by atoms with Crippen LogP contribution < -0.4 is 10.6 Å². The van der Waals surface area contributed by atoms with Crippen LogP contribution in [-0.2, 0) is 0 Å². The van der Waals surface area contributed by atoms with E-state index in [1.54, 1.807) is 11.3 Å². The summed E-state index contributed by atoms with van der Waals surface area (Å²) in [6, 6.07) is 2.76. The van der Waals surface area contributed by atoms with Gasteiger partial charge in [-0.2, -0.15) is 4.98 Å². The number of fused-ring (bicyclic) bond motifs is 1. The number of aromatic nitrogens is 2. The predicted molar refractivity (Wildman–Crippen MR) is 72.5 cm³/mol. The van der Waals surface area contributed by atoms with Gasteiger partial charge in [0, 0.05) is 12.6 Å². The van der Waals surface area contributed by atoms with Gasteiger partial charge in [-0.05, 0) is 30.7 Å². The van der Waals surface area contributed by atoms with Gasteiger partial charge in [0.15, 0.2) is 0 Å². The van der Waals surface area contributed by atoms with Crippen molar-refractivity contribution in [2.45, 2.75) is 32.2 Å². The molecule has 0 aliphatic heterocycles. The molecule has 1 fully saturated rings. The van der Waals surface area contributed by atoms with E-state index in [9.17, 15) is 0 Å². The molecule has 3 rings (SSSR count). The first-order valence-electron chi connectivity index (χ1n) is 6.07. The maximum atomic E-state index is 5.80. The summed E-state index contributed by atoms with van der Waals surface area (Å²) in [7, 11) is 0. The monoisotopic (exact) mass is 248 g/mol. The molecule has 2 aromatic rings. The second kappa shape index (κ2) is 4.14. The maximum Gasteiger partial charge on any atom is 0.223 e. The van der Waals surface area contributed by atoms with Crippen LogP contribution in [-0.4, -0.2) is 22.6 Å². The molecule has 2 heterocycles. The minimum Gasteiger partial charge on any atom is -0.368 e. The lowest BCUT2D eigenvalue weighted by Crippen LogP contribution is -2.27. The zero-order chi connectivity index (χ0) is 11.8. The normalized spacial score (nSPS) is 15.4. The summed E-state index contributed by atoms with van der Waals surface area (Å²) < 4.78 is 0. The summed E-state index contributed by atoms with van der Waals surface area (Å²) in [6.45, 7) is 3.25. The first kappa shape index (κ1) is 10.8. The number of rotatable bonds is 4. The average molecular weight is 248 g/mol. The summed E-state index contributed by atoms with van der Waals surface area (Å²) in [5, 5.41) is 3.20. The number of hydrogen-bond acceptors (Lipinski definition) is 5. The third kappa shape index (κ3) is 1.95. The van der Waals surface area contributed by atoms with Gasteiger partial charge in [-0.1, -0.05) is 6.92 Å². The molecule has 2 N–H and O–H groups in total. The van der Waals surface area contributed by atoms with Crippen LogP contribution in [0.3, 0.4) is 0 Å². The van der Waals surface area contributed by atoms with Gasteiger partial charge in [-0.15, -0.1) is 11.3 Å². The highest BCUT2D eigenvalue weighted by Crippen LogP contribution is 2.35. The summed E-state index contributed by atoms with van der Waals surface area (Å²) in [5.74, 6) is 1.41. The van der Waals surface area contributed by atoms with Gasteiger partial charge in [-0.25, -0.2) is 4.98 Å². The summed E-state index contributed by atoms with van der Waals surface area (Å²) in [5.41, 5.74) is 5.80. The highest BCUT2D eigenvalue weighted by molar-refractivity contribution is 7.16. The summed E-state index contributed by atoms with van der Waals surface area (Å²) >= 11 is 1.63. The van der Waals surface area contributed by atoms with Crippen molar-refractivity contribution < 1.29 is 0 Å². The van der Waals surface area contributed by atoms with Crippen molar-refractivity contribution >= 4 is 33.3 Å². The standard InChI is InChI=1S/C12H16N4S/c1-2-6-16(8-3-4-8)10-9-5-7-17-11(9)15-12(13)14-10/h5,7-8H,2-4,6H2,1H3,(H2,13,14,15). The van der Waals surface area contributed by atoms with Gasteiger partial charge in [0.25, 0.3) is 0 Å². The number of nitrogens with two attached hydrogens (primary N) is 1. The van der Waals surface area contributed by atoms with E-state index in [0.29, 0.717) is 12.0 Å². The van der Waals surface area contributed by atoms with E-state index in [-0.39, 0.29) is 0 Å². The second-order valence-corrected chi connectivity index (χ2v) is 5.36. The van der Waals surface area contributed by atoms with Crippen LogP contribution >= 0.6 is 11.3 Å². The molecule has 0 atom stereocenters. The molecule has 1 aliphatic rings. The highest BCUT2D eigenvalue weighted by Gasteiger charge is 2.30. The Balaban J connectivity index is 2.09. The molecule has 0 bridgehead atoms. The van der Waals surface area contributed by atoms with E-state index in [4.69, 9.17) is 5.73 Å². The fraction of sp³-hybridized carbons (Fsp3) is 0.500. The Labute approximate surface area is 104 Å². The van der Waals surface area contributed by atoms with Crippen LogP contribution in [0.4, 0.5) is 11.8 Å². The molecule has 0 unspecified atom stereocenters. The second-order valence-electron chi connectivity index (χ2n) is 4.47. The lowest BCUT2D eigenvalue weighted by atomic mass is 10.3. The fourth-order valence-corrected chi connectivity index (χ4v) is 2.93. The summed E-state index contributed by atoms with van der Waals surface area (Å²) in [4.78, 5) is 12.1. The lowest BCUT2D eigenvalue weighted by molar-refractivity contribution is 0.754. The average Bonchev–Trinajstić information content (AvgIpc) is 3.04. The first-order chi connectivity index (χ1) is 8.29. The zero-order valence-corrected chi connectivity index (χ0v) is 10.7. The Bertz CT molecular complexity index is 532. The minimum atomic E-state index is 0.386. The zero-order valence-electron chi connectivity index (χ0n) is 9.89. The molecule has 17 heavy (non-hydrogen) atoms. The van der Waals surface area contributed by atoms with Gasteiger partial charge in [0.2, 0.25) is 5.95 Å². The van der Waals surface area contributed by atoms with Crippen molar-refractivity contribution in [1.29, 1.82) is 0 Å². The van der Waals surface area contributed by atoms with Crippen molar-refractivity contribution in [2.75, 3.05) is 17.2 Å². The molecule has 4 nitrogen and oxygen atoms in total. The van der Waals surface area contributed by atoms with Gasteiger partial charge in [0.1, 0.15) is 10.6 Å². The number of nitrogen functional groups attached to an aromatic ring is 1. The van der Waals surface area contributed by atoms with Gasteiger partial charge < -0.3 is 10.6 Å². The molecule has 0 saturated heterocycles. The summed E-state index contributed by atoms with van der Waals surface area (Å²) in [6.07, 6.45) is 3.68. The van der Waals surface area contributed by atoms with Crippen LogP contribution in [0.2, 0.25) is 0 Å². The molecule has 0 amide bonds. The topological polar surface area (TPSA) is 55.0 Å². The molecule has 1 aliphatic carbocycles. The first-order valence-corrected chi connectivity index (χ1v) is 6.95. The van der Waals surface area contributed by atoms with Crippen LogP contribution in [0, 0.1) is 0 Å². The van der Waals surface area contributed by atoms with Crippen LogP contribution in [0.25, 0.3) is 10.2 Å². The molecule has 1 saturated carbocycles. The molecule has 90 valence electrons. The third-order valence-corrected chi connectivity index (χ3v) is 3.85. The molecule has 0 radical (unpaired) electrons. The molecule has 0 aromatic carbocycles. The highest BCUT2D eigenvalue weighted by atomic mass is 32.1. The van der Waals surface area contributed by atoms with E-state index in [1.165, 1.54) is 12.8 Å². The third-order valence-electron chi connectivity index (χ3n) is 3.05. The van der Waals surface area contributed by atoms with E-state index in [1.807, 2.05) is 0 Å². The Morgan fingerprint density at radius 1 is 1.47 bits per heavy atom. The van der Waals surface area contributed by atoms with Gasteiger partial charge >= 0.3 is 0 Å². The molecular weight excluding hydrogens is 232 g/mol. The van der Waals surface area contributed by atoms with Crippen molar-refractivity contribution in [1.82, 2.24) is 9.97 Å². The van der Waals surface area contributed by atoms with Crippen molar-refractivity contribution in [3.63, 3.8) is 0 Å². The smallest absolute Gasteiger partial charge is 0.223 e. The molecule has 5 heteroatoms. The van der Waals surface area contributed by atoms with E-state index in [0.717, 1.165) is 29.0 Å². The predicted octanol–water partition coefficient (Wildman–Crippen LogP) is 2.65. The number of thiophene rings is 1. The van der Waals surface area contributed by atoms with Crippen LogP contribution in [0.15, 0.2) is 11.4 Å². The van der Waals surface area contributed by atoms with E-state index >= 15 is 0 Å².